The third kappa shape index (κ3) is 10.4. The van der Waals surface area contributed by atoms with Crippen molar-refractivity contribution in [2.45, 2.75) is 36.9 Å². The Morgan fingerprint density at radius 3 is 2.57 bits per heavy atom. The molecule has 5 aromatic rings. The molecule has 0 amide bonds. The second kappa shape index (κ2) is 18.9. The average molecular weight is 787 g/mol. The van der Waals surface area contributed by atoms with Crippen LogP contribution in [-0.4, -0.2) is 74.5 Å². The van der Waals surface area contributed by atoms with Crippen molar-refractivity contribution in [2.75, 3.05) is 58.7 Å². The van der Waals surface area contributed by atoms with Gasteiger partial charge in [0, 0.05) is 49.0 Å². The molecule has 1 unspecified atom stereocenters. The molecule has 2 N–H and O–H groups in total. The van der Waals surface area contributed by atoms with Crippen molar-refractivity contribution in [2.24, 2.45) is 4.99 Å². The number of benzene rings is 4. The van der Waals surface area contributed by atoms with Gasteiger partial charge < -0.3 is 20.1 Å². The molecule has 2 aliphatic rings. The van der Waals surface area contributed by atoms with Crippen molar-refractivity contribution < 1.29 is 9.47 Å². The van der Waals surface area contributed by atoms with E-state index in [1.807, 2.05) is 29.5 Å². The van der Waals surface area contributed by atoms with Crippen LogP contribution in [0.1, 0.15) is 34.0 Å². The van der Waals surface area contributed by atoms with Gasteiger partial charge in [0.2, 0.25) is 0 Å². The van der Waals surface area contributed by atoms with Crippen LogP contribution >= 0.6 is 40.1 Å². The van der Waals surface area contributed by atoms with Crippen LogP contribution in [0.15, 0.2) is 112 Å². The molecule has 10 heteroatoms. The molecular formula is C41H48BrN5O2S2. The Morgan fingerprint density at radius 1 is 0.902 bits per heavy atom. The fourth-order valence-electron chi connectivity index (χ4n) is 6.77. The van der Waals surface area contributed by atoms with Crippen molar-refractivity contribution in [1.29, 1.82) is 0 Å². The first-order chi connectivity index (χ1) is 24.7. The summed E-state index contributed by atoms with van der Waals surface area (Å²) in [5.74, 6) is 2.48. The molecule has 51 heavy (non-hydrogen) atoms. The molecule has 4 aromatic carbocycles. The summed E-state index contributed by atoms with van der Waals surface area (Å²) >= 11 is 3.68. The summed E-state index contributed by atoms with van der Waals surface area (Å²) in [5, 5.41) is 12.1. The lowest BCUT2D eigenvalue weighted by molar-refractivity contribution is 0.0376. The fourth-order valence-corrected chi connectivity index (χ4v) is 8.06. The average Bonchev–Trinajstić information content (AvgIpc) is 3.64. The fraction of sp³-hybridized carbons (Fsp3) is 0.341. The highest BCUT2D eigenvalue weighted by Gasteiger charge is 2.26. The molecule has 2 aliphatic heterocycles. The summed E-state index contributed by atoms with van der Waals surface area (Å²) in [6.07, 6.45) is 4.28. The van der Waals surface area contributed by atoms with Crippen molar-refractivity contribution in [3.63, 3.8) is 0 Å². The van der Waals surface area contributed by atoms with Crippen LogP contribution in [0, 0.1) is 0 Å². The standard InChI is InChI=1S/C41H47N5O2S2.BrH/c1-49-38-14-11-33(12-15-38)39(46-20-16-40-35(30-46)17-25-50-40)29-44-41(42-18-5-19-45-21-23-47-24-22-45)43-28-31-6-4-9-36(26-31)48-37-13-10-32-7-2-3-8-34(32)27-37;/h2-4,6-15,17,25-27,39H,5,16,18-24,28-30H2,1H3,(H2,42,43,44);1H. The molecule has 7 nitrogen and oxygen atoms in total. The lowest BCUT2D eigenvalue weighted by Crippen LogP contribution is -2.45. The first kappa shape index (κ1) is 37.4. The quantitative estimate of drug-likeness (QED) is 0.0537. The summed E-state index contributed by atoms with van der Waals surface area (Å²) in [5.41, 5.74) is 3.90. The molecule has 0 aliphatic carbocycles. The monoisotopic (exact) mass is 785 g/mol. The van der Waals surface area contributed by atoms with Crippen LogP contribution < -0.4 is 15.4 Å². The van der Waals surface area contributed by atoms with Gasteiger partial charge in [-0.25, -0.2) is 4.99 Å². The van der Waals surface area contributed by atoms with E-state index in [1.165, 1.54) is 31.7 Å². The number of nitrogens with zero attached hydrogens (tertiary/aromatic N) is 3. The first-order valence-electron chi connectivity index (χ1n) is 17.7. The number of hydrogen-bond donors (Lipinski definition) is 2. The molecule has 1 fully saturated rings. The number of rotatable bonds is 13. The third-order valence-corrected chi connectivity index (χ3v) is 11.3. The van der Waals surface area contributed by atoms with Crippen molar-refractivity contribution >= 4 is 56.8 Å². The van der Waals surface area contributed by atoms with Gasteiger partial charge in [-0.05, 0) is 101 Å². The Balaban J connectivity index is 0.00000448. The third-order valence-electron chi connectivity index (χ3n) is 9.56. The van der Waals surface area contributed by atoms with Gasteiger partial charge in [-0.1, -0.05) is 54.6 Å². The molecule has 3 heterocycles. The lowest BCUT2D eigenvalue weighted by atomic mass is 10.0. The number of guanidine groups is 1. The summed E-state index contributed by atoms with van der Waals surface area (Å²) in [6, 6.07) is 34.5. The van der Waals surface area contributed by atoms with E-state index in [1.54, 1.807) is 11.8 Å². The number of thiophene rings is 1. The highest BCUT2D eigenvalue weighted by Crippen LogP contribution is 2.31. The van der Waals surface area contributed by atoms with Gasteiger partial charge in [0.05, 0.1) is 25.8 Å². The van der Waals surface area contributed by atoms with Crippen LogP contribution in [0.25, 0.3) is 10.8 Å². The van der Waals surface area contributed by atoms with E-state index >= 15 is 0 Å². The zero-order valence-electron chi connectivity index (χ0n) is 29.3. The predicted molar refractivity (Wildman–Crippen MR) is 219 cm³/mol. The second-order valence-corrected chi connectivity index (χ2v) is 14.8. The van der Waals surface area contributed by atoms with Crippen LogP contribution in [0.2, 0.25) is 0 Å². The topological polar surface area (TPSA) is 61.4 Å². The van der Waals surface area contributed by atoms with E-state index in [0.717, 1.165) is 94.9 Å². The first-order valence-corrected chi connectivity index (χ1v) is 19.8. The van der Waals surface area contributed by atoms with E-state index in [2.05, 4.69) is 111 Å². The van der Waals surface area contributed by atoms with Gasteiger partial charge in [-0.3, -0.25) is 9.80 Å². The second-order valence-electron chi connectivity index (χ2n) is 12.9. The Kier molecular flexibility index (Phi) is 13.9. The van der Waals surface area contributed by atoms with Gasteiger partial charge >= 0.3 is 0 Å². The number of nitrogens with one attached hydrogen (secondary N) is 2. The molecule has 7 rings (SSSR count). The Hall–Kier alpha value is -3.38. The van der Waals surface area contributed by atoms with Crippen LogP contribution in [-0.2, 0) is 24.2 Å². The van der Waals surface area contributed by atoms with Gasteiger partial charge in [0.25, 0.3) is 0 Å². The van der Waals surface area contributed by atoms with E-state index in [9.17, 15) is 0 Å². The molecular weight excluding hydrogens is 739 g/mol. The zero-order chi connectivity index (χ0) is 34.0. The van der Waals surface area contributed by atoms with E-state index in [4.69, 9.17) is 14.5 Å². The minimum atomic E-state index is 0. The van der Waals surface area contributed by atoms with Crippen molar-refractivity contribution in [3.05, 3.63) is 124 Å². The molecule has 0 radical (unpaired) electrons. The van der Waals surface area contributed by atoms with Gasteiger partial charge in [-0.15, -0.1) is 40.1 Å². The predicted octanol–water partition coefficient (Wildman–Crippen LogP) is 8.55. The molecule has 0 spiro atoms. The van der Waals surface area contributed by atoms with E-state index < -0.39 is 0 Å². The van der Waals surface area contributed by atoms with Crippen molar-refractivity contribution in [3.8, 4) is 11.5 Å². The highest BCUT2D eigenvalue weighted by atomic mass is 79.9. The minimum Gasteiger partial charge on any atom is -0.457 e. The summed E-state index contributed by atoms with van der Waals surface area (Å²) in [7, 11) is 0. The molecule has 268 valence electrons. The van der Waals surface area contributed by atoms with Crippen LogP contribution in [0.4, 0.5) is 0 Å². The smallest absolute Gasteiger partial charge is 0.191 e. The molecule has 1 aromatic heterocycles. The van der Waals surface area contributed by atoms with E-state index in [0.29, 0.717) is 6.54 Å². The maximum Gasteiger partial charge on any atom is 0.191 e. The van der Waals surface area contributed by atoms with Crippen LogP contribution in [0.5, 0.6) is 11.5 Å². The number of halogens is 1. The van der Waals surface area contributed by atoms with Gasteiger partial charge in [0.1, 0.15) is 11.5 Å². The van der Waals surface area contributed by atoms with Crippen LogP contribution in [0.3, 0.4) is 0 Å². The maximum atomic E-state index is 6.30. The molecule has 0 bridgehead atoms. The van der Waals surface area contributed by atoms with Gasteiger partial charge in [-0.2, -0.15) is 0 Å². The minimum absolute atomic E-state index is 0. The Labute approximate surface area is 321 Å². The normalized spacial score (nSPS) is 15.9. The summed E-state index contributed by atoms with van der Waals surface area (Å²) in [6.45, 7) is 8.91. The SMILES string of the molecule is Br.CSc1ccc(C(CNC(=NCc2cccc(Oc3ccc4ccccc4c3)c2)NCCCN2CCOCC2)N2CCc3sccc3C2)cc1. The number of thioether (sulfide) groups is 1. The number of fused-ring (bicyclic) bond motifs is 2. The Bertz CT molecular complexity index is 1860. The number of ether oxygens (including phenoxy) is 2. The number of aliphatic imine (C=N–C) groups is 1. The largest absolute Gasteiger partial charge is 0.457 e. The number of morpholine rings is 1. The summed E-state index contributed by atoms with van der Waals surface area (Å²) < 4.78 is 11.8. The summed E-state index contributed by atoms with van der Waals surface area (Å²) in [4.78, 5) is 13.0. The van der Waals surface area contributed by atoms with Gasteiger partial charge in [0.15, 0.2) is 5.96 Å². The zero-order valence-corrected chi connectivity index (χ0v) is 32.6. The Morgan fingerprint density at radius 2 is 1.73 bits per heavy atom. The maximum absolute atomic E-state index is 6.30. The lowest BCUT2D eigenvalue weighted by Gasteiger charge is -2.35. The van der Waals surface area contributed by atoms with E-state index in [-0.39, 0.29) is 23.0 Å². The molecule has 1 saturated heterocycles. The van der Waals surface area contributed by atoms with Crippen molar-refractivity contribution in [1.82, 2.24) is 20.4 Å². The molecule has 1 atom stereocenters. The molecule has 0 saturated carbocycles. The number of hydrogen-bond acceptors (Lipinski definition) is 7. The highest BCUT2D eigenvalue weighted by molar-refractivity contribution is 8.93.